The summed E-state index contributed by atoms with van der Waals surface area (Å²) in [6.45, 7) is 5.70. The topological polar surface area (TPSA) is 38.6 Å². The number of para-hydroxylation sites is 1. The minimum absolute atomic E-state index is 0.255. The number of fused-ring (bicyclic) bond motifs is 2. The van der Waals surface area contributed by atoms with Gasteiger partial charge in [-0.05, 0) is 19.9 Å². The van der Waals surface area contributed by atoms with Crippen molar-refractivity contribution in [3.05, 3.63) is 52.3 Å². The molecule has 0 radical (unpaired) electrons. The van der Waals surface area contributed by atoms with Gasteiger partial charge in [0, 0.05) is 23.2 Å². The molecule has 1 N–H and O–H groups in total. The average molecular weight is 299 g/mol. The predicted molar refractivity (Wildman–Crippen MR) is 84.1 cm³/mol. The van der Waals surface area contributed by atoms with E-state index in [0.29, 0.717) is 6.61 Å². The van der Waals surface area contributed by atoms with Gasteiger partial charge < -0.3 is 10.1 Å². The summed E-state index contributed by atoms with van der Waals surface area (Å²) in [6.07, 6.45) is 0. The van der Waals surface area contributed by atoms with Crippen molar-refractivity contribution >= 4 is 16.3 Å². The molecular weight excluding hydrogens is 282 g/mol. The summed E-state index contributed by atoms with van der Waals surface area (Å²) in [5.41, 5.74) is 4.84. The van der Waals surface area contributed by atoms with Gasteiger partial charge in [0.05, 0.1) is 17.4 Å². The van der Waals surface area contributed by atoms with E-state index in [-0.39, 0.29) is 6.04 Å². The zero-order valence-electron chi connectivity index (χ0n) is 12.1. The van der Waals surface area contributed by atoms with E-state index in [0.717, 1.165) is 22.9 Å². The molecule has 0 saturated carbocycles. The van der Waals surface area contributed by atoms with Crippen LogP contribution in [0.1, 0.15) is 28.7 Å². The first-order valence-corrected chi connectivity index (χ1v) is 7.99. The van der Waals surface area contributed by atoms with Gasteiger partial charge in [0.2, 0.25) is 0 Å². The van der Waals surface area contributed by atoms with E-state index in [1.165, 1.54) is 17.0 Å². The predicted octanol–water partition coefficient (Wildman–Crippen LogP) is 3.24. The quantitative estimate of drug-likeness (QED) is 0.807. The van der Waals surface area contributed by atoms with E-state index in [1.54, 1.807) is 11.3 Å². The van der Waals surface area contributed by atoms with Crippen LogP contribution in [0, 0.1) is 13.8 Å². The van der Waals surface area contributed by atoms with Gasteiger partial charge in [-0.15, -0.1) is 11.3 Å². The van der Waals surface area contributed by atoms with Crippen LogP contribution in [0.15, 0.2) is 29.6 Å². The first-order chi connectivity index (χ1) is 10.2. The SMILES string of the molecule is Cc1nc2scc(C)n2c1CNC1COc2ccccc21. The molecular formula is C16H17N3OS. The van der Waals surface area contributed by atoms with Gasteiger partial charge in [-0.3, -0.25) is 4.40 Å². The van der Waals surface area contributed by atoms with Crippen LogP contribution in [0.2, 0.25) is 0 Å². The standard InChI is InChI=1S/C16H17N3OS/c1-10-9-21-16-18-11(2)14(19(10)16)7-17-13-8-20-15-6-4-3-5-12(13)15/h3-6,9,13,17H,7-8H2,1-2H3. The van der Waals surface area contributed by atoms with E-state index in [9.17, 15) is 0 Å². The van der Waals surface area contributed by atoms with Crippen LogP contribution >= 0.6 is 11.3 Å². The number of hydrogen-bond donors (Lipinski definition) is 1. The molecule has 4 rings (SSSR count). The molecule has 21 heavy (non-hydrogen) atoms. The fourth-order valence-corrected chi connectivity index (χ4v) is 3.86. The van der Waals surface area contributed by atoms with E-state index < -0.39 is 0 Å². The summed E-state index contributed by atoms with van der Waals surface area (Å²) in [7, 11) is 0. The van der Waals surface area contributed by atoms with Crippen LogP contribution in [-0.4, -0.2) is 16.0 Å². The third-order valence-electron chi connectivity index (χ3n) is 4.05. The molecule has 1 aromatic carbocycles. The smallest absolute Gasteiger partial charge is 0.194 e. The van der Waals surface area contributed by atoms with Gasteiger partial charge >= 0.3 is 0 Å². The Balaban J connectivity index is 1.60. The van der Waals surface area contributed by atoms with Crippen LogP contribution < -0.4 is 10.1 Å². The summed E-state index contributed by atoms with van der Waals surface area (Å²) in [5.74, 6) is 0.997. The van der Waals surface area contributed by atoms with Crippen molar-refractivity contribution in [1.82, 2.24) is 14.7 Å². The summed E-state index contributed by atoms with van der Waals surface area (Å²) >= 11 is 1.69. The third-order valence-corrected chi connectivity index (χ3v) is 4.99. The van der Waals surface area contributed by atoms with Gasteiger partial charge in [-0.1, -0.05) is 18.2 Å². The molecule has 3 heterocycles. The second-order valence-electron chi connectivity index (χ2n) is 5.42. The number of rotatable bonds is 3. The molecule has 3 aromatic rings. The van der Waals surface area contributed by atoms with Gasteiger partial charge in [0.1, 0.15) is 12.4 Å². The fraction of sp³-hybridized carbons (Fsp3) is 0.312. The highest BCUT2D eigenvalue weighted by Crippen LogP contribution is 2.32. The molecule has 4 nitrogen and oxygen atoms in total. The lowest BCUT2D eigenvalue weighted by atomic mass is 10.1. The van der Waals surface area contributed by atoms with Crippen molar-refractivity contribution in [2.45, 2.75) is 26.4 Å². The molecule has 0 amide bonds. The van der Waals surface area contributed by atoms with Gasteiger partial charge in [0.15, 0.2) is 4.96 Å². The van der Waals surface area contributed by atoms with E-state index in [1.807, 2.05) is 12.1 Å². The first kappa shape index (κ1) is 12.9. The number of aromatic nitrogens is 2. The third kappa shape index (κ3) is 2.04. The van der Waals surface area contributed by atoms with Crippen molar-refractivity contribution in [3.8, 4) is 5.75 Å². The molecule has 0 bridgehead atoms. The van der Waals surface area contributed by atoms with Crippen molar-refractivity contribution in [2.24, 2.45) is 0 Å². The Kier molecular flexibility index (Phi) is 2.97. The zero-order chi connectivity index (χ0) is 14.4. The highest BCUT2D eigenvalue weighted by Gasteiger charge is 2.23. The first-order valence-electron chi connectivity index (χ1n) is 7.11. The Hall–Kier alpha value is -1.85. The fourth-order valence-electron chi connectivity index (χ4n) is 2.93. The molecule has 1 aliphatic heterocycles. The van der Waals surface area contributed by atoms with E-state index >= 15 is 0 Å². The monoisotopic (exact) mass is 299 g/mol. The van der Waals surface area contributed by atoms with Crippen molar-refractivity contribution < 1.29 is 4.74 Å². The van der Waals surface area contributed by atoms with Crippen molar-refractivity contribution in [1.29, 1.82) is 0 Å². The maximum atomic E-state index is 5.72. The number of thiazole rings is 1. The Morgan fingerprint density at radius 2 is 2.24 bits per heavy atom. The molecule has 1 aliphatic rings. The van der Waals surface area contributed by atoms with Gasteiger partial charge in [0.25, 0.3) is 0 Å². The maximum absolute atomic E-state index is 5.72. The van der Waals surface area contributed by atoms with Crippen molar-refractivity contribution in [2.75, 3.05) is 6.61 Å². The molecule has 5 heteroatoms. The summed E-state index contributed by atoms with van der Waals surface area (Å²) < 4.78 is 7.97. The minimum atomic E-state index is 0.255. The zero-order valence-corrected chi connectivity index (χ0v) is 12.9. The van der Waals surface area contributed by atoms with Crippen LogP contribution in [0.5, 0.6) is 5.75 Å². The largest absolute Gasteiger partial charge is 0.491 e. The van der Waals surface area contributed by atoms with Crippen LogP contribution in [0.3, 0.4) is 0 Å². The minimum Gasteiger partial charge on any atom is -0.491 e. The lowest BCUT2D eigenvalue weighted by Gasteiger charge is -2.12. The summed E-state index contributed by atoms with van der Waals surface area (Å²) in [4.78, 5) is 5.71. The maximum Gasteiger partial charge on any atom is 0.194 e. The van der Waals surface area contributed by atoms with Crippen molar-refractivity contribution in [3.63, 3.8) is 0 Å². The number of benzene rings is 1. The highest BCUT2D eigenvalue weighted by atomic mass is 32.1. The molecule has 1 atom stereocenters. The number of nitrogens with one attached hydrogen (secondary N) is 1. The van der Waals surface area contributed by atoms with Crippen LogP contribution in [-0.2, 0) is 6.54 Å². The van der Waals surface area contributed by atoms with Crippen LogP contribution in [0.4, 0.5) is 0 Å². The highest BCUT2D eigenvalue weighted by molar-refractivity contribution is 7.15. The Morgan fingerprint density at radius 1 is 1.38 bits per heavy atom. The lowest BCUT2D eigenvalue weighted by molar-refractivity contribution is 0.310. The Bertz CT molecular complexity index is 805. The summed E-state index contributed by atoms with van der Waals surface area (Å²) in [6, 6.07) is 8.50. The van der Waals surface area contributed by atoms with Gasteiger partial charge in [-0.2, -0.15) is 0 Å². The number of nitrogens with zero attached hydrogens (tertiary/aromatic N) is 2. The second-order valence-corrected chi connectivity index (χ2v) is 6.26. The molecule has 0 fully saturated rings. The van der Waals surface area contributed by atoms with Gasteiger partial charge in [-0.25, -0.2) is 4.98 Å². The molecule has 0 aliphatic carbocycles. The van der Waals surface area contributed by atoms with Crippen LogP contribution in [0.25, 0.3) is 4.96 Å². The second kappa shape index (κ2) is 4.86. The lowest BCUT2D eigenvalue weighted by Crippen LogP contribution is -2.23. The van der Waals surface area contributed by atoms with E-state index in [4.69, 9.17) is 4.74 Å². The number of aryl methyl sites for hydroxylation is 2. The molecule has 2 aromatic heterocycles. The molecule has 0 saturated heterocycles. The number of ether oxygens (including phenoxy) is 1. The van der Waals surface area contributed by atoms with E-state index in [2.05, 4.69) is 46.1 Å². The normalized spacial score (nSPS) is 17.1. The number of hydrogen-bond acceptors (Lipinski definition) is 4. The molecule has 1 unspecified atom stereocenters. The average Bonchev–Trinajstić information content (AvgIpc) is 3.13. The Morgan fingerprint density at radius 3 is 3.14 bits per heavy atom. The summed E-state index contributed by atoms with van der Waals surface area (Å²) in [5, 5.41) is 5.76. The number of imidazole rings is 1. The molecule has 108 valence electrons. The Labute approximate surface area is 127 Å². The molecule has 0 spiro atoms.